The van der Waals surface area contributed by atoms with Gasteiger partial charge in [0.05, 0.1) is 18.6 Å². The zero-order chi connectivity index (χ0) is 20.5. The molecule has 1 atom stereocenters. The van der Waals surface area contributed by atoms with Crippen molar-refractivity contribution in [2.24, 2.45) is 0 Å². The molecule has 0 aliphatic carbocycles. The zero-order valence-electron chi connectivity index (χ0n) is 17.0. The summed E-state index contributed by atoms with van der Waals surface area (Å²) in [6.07, 6.45) is 3.57. The van der Waals surface area contributed by atoms with Crippen LogP contribution in [0.15, 0.2) is 79.3 Å². The molecule has 1 aliphatic heterocycles. The van der Waals surface area contributed by atoms with Gasteiger partial charge in [0.25, 0.3) is 5.91 Å². The fourth-order valence-electron chi connectivity index (χ4n) is 4.37. The second-order valence-corrected chi connectivity index (χ2v) is 7.89. The first kappa shape index (κ1) is 18.4. The van der Waals surface area contributed by atoms with E-state index in [0.29, 0.717) is 6.54 Å². The Morgan fingerprint density at radius 1 is 1.07 bits per heavy atom. The quantitative estimate of drug-likeness (QED) is 0.550. The van der Waals surface area contributed by atoms with E-state index in [1.54, 1.807) is 6.33 Å². The summed E-state index contributed by atoms with van der Waals surface area (Å²) in [5, 5.41) is 2.09. The molecular weight excluding hydrogens is 372 g/mol. The van der Waals surface area contributed by atoms with Gasteiger partial charge in [0, 0.05) is 36.6 Å². The number of benzene rings is 3. The normalized spacial score (nSPS) is 16.4. The second-order valence-electron chi connectivity index (χ2n) is 7.89. The van der Waals surface area contributed by atoms with Crippen molar-refractivity contribution in [1.82, 2.24) is 14.9 Å². The maximum Gasteiger partial charge on any atom is 0.255 e. The molecule has 3 aromatic carbocycles. The van der Waals surface area contributed by atoms with Crippen molar-refractivity contribution in [3.05, 3.63) is 96.1 Å². The molecular formula is C25H24N4O. The fraction of sp³-hybridized carbons (Fsp3) is 0.200. The predicted molar refractivity (Wildman–Crippen MR) is 119 cm³/mol. The van der Waals surface area contributed by atoms with Gasteiger partial charge in [0.15, 0.2) is 0 Å². The fourth-order valence-corrected chi connectivity index (χ4v) is 4.37. The Balaban J connectivity index is 1.52. The first-order valence-electron chi connectivity index (χ1n) is 10.3. The number of carbonyl (C=O) groups is 1. The molecule has 5 rings (SSSR count). The van der Waals surface area contributed by atoms with Crippen molar-refractivity contribution in [3.63, 3.8) is 0 Å². The van der Waals surface area contributed by atoms with Gasteiger partial charge in [-0.15, -0.1) is 0 Å². The minimum Gasteiger partial charge on any atom is -0.363 e. The third-order valence-corrected chi connectivity index (χ3v) is 5.89. The predicted octanol–water partition coefficient (Wildman–Crippen LogP) is 4.61. The summed E-state index contributed by atoms with van der Waals surface area (Å²) in [5.74, 6) is 0.0810. The number of hydrogen-bond acceptors (Lipinski definition) is 3. The highest BCUT2D eigenvalue weighted by Gasteiger charge is 2.29. The number of H-pyrrole nitrogens is 1. The van der Waals surface area contributed by atoms with Crippen molar-refractivity contribution in [3.8, 4) is 0 Å². The summed E-state index contributed by atoms with van der Waals surface area (Å²) >= 11 is 0. The Hall–Kier alpha value is -3.60. The zero-order valence-corrected chi connectivity index (χ0v) is 17.0. The van der Waals surface area contributed by atoms with Gasteiger partial charge in [-0.1, -0.05) is 54.6 Å². The lowest BCUT2D eigenvalue weighted by Gasteiger charge is -2.30. The molecule has 1 amide bonds. The largest absolute Gasteiger partial charge is 0.363 e. The molecule has 150 valence electrons. The Morgan fingerprint density at radius 3 is 2.73 bits per heavy atom. The van der Waals surface area contributed by atoms with Gasteiger partial charge in [-0.3, -0.25) is 4.79 Å². The molecule has 0 fully saturated rings. The summed E-state index contributed by atoms with van der Waals surface area (Å²) in [7, 11) is 0. The standard InChI is InChI=1S/C25H24N4O/c1-18-14-28(16-21-13-26-17-27-21)24-12-5-3-8-20(24)15-29(18)25(30)23-11-6-9-19-7-2-4-10-22(19)23/h2-13,17-18H,14-16H2,1H3,(H,26,27)/t18-/m0/s1. The van der Waals surface area contributed by atoms with E-state index >= 15 is 0 Å². The van der Waals surface area contributed by atoms with Crippen LogP contribution in [0.2, 0.25) is 0 Å². The van der Waals surface area contributed by atoms with Gasteiger partial charge in [0.1, 0.15) is 0 Å². The lowest BCUT2D eigenvalue weighted by Crippen LogP contribution is -2.42. The highest BCUT2D eigenvalue weighted by molar-refractivity contribution is 6.07. The summed E-state index contributed by atoms with van der Waals surface area (Å²) in [6.45, 7) is 4.22. The molecule has 0 saturated heterocycles. The maximum atomic E-state index is 13.7. The SMILES string of the molecule is C[C@H]1CN(Cc2cnc[nH]2)c2ccccc2CN1C(=O)c1cccc2ccccc12. The van der Waals surface area contributed by atoms with Crippen LogP contribution in [0.1, 0.15) is 28.5 Å². The number of aromatic amines is 1. The third-order valence-electron chi connectivity index (χ3n) is 5.89. The van der Waals surface area contributed by atoms with Crippen molar-refractivity contribution in [2.45, 2.75) is 26.1 Å². The topological polar surface area (TPSA) is 52.2 Å². The molecule has 5 heteroatoms. The molecule has 1 aromatic heterocycles. The summed E-state index contributed by atoms with van der Waals surface area (Å²) in [6, 6.07) is 22.5. The van der Waals surface area contributed by atoms with E-state index in [4.69, 9.17) is 0 Å². The molecule has 5 nitrogen and oxygen atoms in total. The highest BCUT2D eigenvalue weighted by Crippen LogP contribution is 2.30. The van der Waals surface area contributed by atoms with E-state index in [-0.39, 0.29) is 11.9 Å². The molecule has 0 saturated carbocycles. The Kier molecular flexibility index (Phi) is 4.71. The molecule has 2 heterocycles. The number of anilines is 1. The molecule has 30 heavy (non-hydrogen) atoms. The second kappa shape index (κ2) is 7.67. The minimum atomic E-state index is 0.0618. The van der Waals surface area contributed by atoms with Gasteiger partial charge >= 0.3 is 0 Å². The number of nitrogens with one attached hydrogen (secondary N) is 1. The highest BCUT2D eigenvalue weighted by atomic mass is 16.2. The Morgan fingerprint density at radius 2 is 1.87 bits per heavy atom. The van der Waals surface area contributed by atoms with Crippen LogP contribution < -0.4 is 4.90 Å². The van der Waals surface area contributed by atoms with E-state index in [9.17, 15) is 4.79 Å². The van der Waals surface area contributed by atoms with Crippen LogP contribution in [-0.2, 0) is 13.1 Å². The van der Waals surface area contributed by atoms with Crippen molar-refractivity contribution in [1.29, 1.82) is 0 Å². The van der Waals surface area contributed by atoms with Crippen LogP contribution in [0.4, 0.5) is 5.69 Å². The lowest BCUT2D eigenvalue weighted by atomic mass is 10.0. The summed E-state index contributed by atoms with van der Waals surface area (Å²) < 4.78 is 0. The number of carbonyl (C=O) groups excluding carboxylic acids is 1. The number of fused-ring (bicyclic) bond motifs is 2. The average Bonchev–Trinajstić information content (AvgIpc) is 3.24. The van der Waals surface area contributed by atoms with E-state index in [1.165, 1.54) is 5.69 Å². The van der Waals surface area contributed by atoms with Gasteiger partial charge < -0.3 is 14.8 Å². The maximum absolute atomic E-state index is 13.7. The number of rotatable bonds is 3. The smallest absolute Gasteiger partial charge is 0.255 e. The number of hydrogen-bond donors (Lipinski definition) is 1. The summed E-state index contributed by atoms with van der Waals surface area (Å²) in [5.41, 5.74) is 4.16. The van der Waals surface area contributed by atoms with Crippen LogP contribution >= 0.6 is 0 Å². The van der Waals surface area contributed by atoms with E-state index < -0.39 is 0 Å². The first-order valence-corrected chi connectivity index (χ1v) is 10.3. The monoisotopic (exact) mass is 396 g/mol. The van der Waals surface area contributed by atoms with Crippen LogP contribution in [-0.4, -0.2) is 33.4 Å². The molecule has 1 N–H and O–H groups in total. The number of amides is 1. The van der Waals surface area contributed by atoms with E-state index in [1.807, 2.05) is 47.5 Å². The van der Waals surface area contributed by atoms with E-state index in [2.05, 4.69) is 52.1 Å². The van der Waals surface area contributed by atoms with Crippen molar-refractivity contribution in [2.75, 3.05) is 11.4 Å². The molecule has 4 aromatic rings. The van der Waals surface area contributed by atoms with Crippen molar-refractivity contribution >= 4 is 22.4 Å². The molecule has 0 unspecified atom stereocenters. The number of nitrogens with zero attached hydrogens (tertiary/aromatic N) is 3. The van der Waals surface area contributed by atoms with Crippen LogP contribution in [0.5, 0.6) is 0 Å². The van der Waals surface area contributed by atoms with Crippen LogP contribution in [0.25, 0.3) is 10.8 Å². The lowest BCUT2D eigenvalue weighted by molar-refractivity contribution is 0.0688. The van der Waals surface area contributed by atoms with Gasteiger partial charge in [-0.25, -0.2) is 4.98 Å². The molecule has 0 bridgehead atoms. The molecule has 0 radical (unpaired) electrons. The number of para-hydroxylation sites is 1. The first-order chi connectivity index (χ1) is 14.7. The third kappa shape index (κ3) is 3.32. The molecule has 0 spiro atoms. The number of aromatic nitrogens is 2. The van der Waals surface area contributed by atoms with Crippen LogP contribution in [0, 0.1) is 0 Å². The van der Waals surface area contributed by atoms with Gasteiger partial charge in [-0.2, -0.15) is 0 Å². The minimum absolute atomic E-state index is 0.0618. The summed E-state index contributed by atoms with van der Waals surface area (Å²) in [4.78, 5) is 25.4. The number of imidazole rings is 1. The Bertz CT molecular complexity index is 1180. The average molecular weight is 396 g/mol. The Labute approximate surface area is 176 Å². The van der Waals surface area contributed by atoms with Crippen LogP contribution in [0.3, 0.4) is 0 Å². The molecule has 1 aliphatic rings. The van der Waals surface area contributed by atoms with E-state index in [0.717, 1.165) is 40.7 Å². The van der Waals surface area contributed by atoms with Crippen molar-refractivity contribution < 1.29 is 4.79 Å². The van der Waals surface area contributed by atoms with Gasteiger partial charge in [-0.05, 0) is 35.4 Å². The van der Waals surface area contributed by atoms with Gasteiger partial charge in [0.2, 0.25) is 0 Å².